The SMILES string of the molecule is Cc1ccc2[nH]nc(C(=O)N3CCN(CC(=O)c4ccc(F)cc4)CC3)c2c1. The Labute approximate surface area is 161 Å². The lowest BCUT2D eigenvalue weighted by atomic mass is 10.1. The Morgan fingerprint density at radius 1 is 1.07 bits per heavy atom. The monoisotopic (exact) mass is 380 g/mol. The van der Waals surface area contributed by atoms with Crippen molar-refractivity contribution in [3.63, 3.8) is 0 Å². The summed E-state index contributed by atoms with van der Waals surface area (Å²) in [6, 6.07) is 11.5. The zero-order chi connectivity index (χ0) is 19.7. The first-order valence-electron chi connectivity index (χ1n) is 9.26. The van der Waals surface area contributed by atoms with Crippen molar-refractivity contribution in [2.24, 2.45) is 0 Å². The van der Waals surface area contributed by atoms with E-state index in [4.69, 9.17) is 0 Å². The van der Waals surface area contributed by atoms with E-state index >= 15 is 0 Å². The molecule has 1 N–H and O–H groups in total. The second kappa shape index (κ2) is 7.52. The highest BCUT2D eigenvalue weighted by Crippen LogP contribution is 2.19. The van der Waals surface area contributed by atoms with E-state index in [1.54, 1.807) is 4.90 Å². The number of hydrogen-bond donors (Lipinski definition) is 1. The molecule has 1 amide bonds. The number of aromatic amines is 1. The van der Waals surface area contributed by atoms with Crippen LogP contribution < -0.4 is 0 Å². The third-order valence-corrected chi connectivity index (χ3v) is 5.11. The first-order valence-corrected chi connectivity index (χ1v) is 9.26. The number of carbonyl (C=O) groups excluding carboxylic acids is 2. The molecular formula is C21H21FN4O2. The van der Waals surface area contributed by atoms with Gasteiger partial charge in [-0.1, -0.05) is 11.6 Å². The lowest BCUT2D eigenvalue weighted by molar-refractivity contribution is 0.0621. The number of hydrogen-bond acceptors (Lipinski definition) is 4. The minimum absolute atomic E-state index is 0.0476. The lowest BCUT2D eigenvalue weighted by Crippen LogP contribution is -2.50. The second-order valence-corrected chi connectivity index (χ2v) is 7.12. The predicted octanol–water partition coefficient (Wildman–Crippen LogP) is 2.65. The van der Waals surface area contributed by atoms with E-state index in [0.29, 0.717) is 37.4 Å². The molecule has 7 heteroatoms. The van der Waals surface area contributed by atoms with Gasteiger partial charge in [0.25, 0.3) is 5.91 Å². The fourth-order valence-corrected chi connectivity index (χ4v) is 3.48. The van der Waals surface area contributed by atoms with Crippen LogP contribution in [0.2, 0.25) is 0 Å². The molecule has 0 bridgehead atoms. The van der Waals surface area contributed by atoms with Crippen LogP contribution in [0.25, 0.3) is 10.9 Å². The Balaban J connectivity index is 1.38. The molecule has 1 saturated heterocycles. The lowest BCUT2D eigenvalue weighted by Gasteiger charge is -2.34. The van der Waals surface area contributed by atoms with Crippen LogP contribution in [0, 0.1) is 12.7 Å². The Morgan fingerprint density at radius 3 is 2.50 bits per heavy atom. The molecule has 1 aliphatic heterocycles. The zero-order valence-electron chi connectivity index (χ0n) is 15.6. The number of ketones is 1. The quantitative estimate of drug-likeness (QED) is 0.707. The fraction of sp³-hybridized carbons (Fsp3) is 0.286. The molecule has 144 valence electrons. The van der Waals surface area contributed by atoms with Crippen molar-refractivity contribution in [1.82, 2.24) is 20.0 Å². The van der Waals surface area contributed by atoms with E-state index in [1.807, 2.05) is 30.0 Å². The number of Topliss-reactive ketones (excluding diaryl/α,β-unsaturated/α-hetero) is 1. The van der Waals surface area contributed by atoms with E-state index in [1.165, 1.54) is 24.3 Å². The number of nitrogens with one attached hydrogen (secondary N) is 1. The highest BCUT2D eigenvalue weighted by atomic mass is 19.1. The number of H-pyrrole nitrogens is 1. The average Bonchev–Trinajstić information content (AvgIpc) is 3.11. The summed E-state index contributed by atoms with van der Waals surface area (Å²) in [4.78, 5) is 29.0. The van der Waals surface area contributed by atoms with Gasteiger partial charge in [0.15, 0.2) is 11.5 Å². The van der Waals surface area contributed by atoms with Gasteiger partial charge in [-0.05, 0) is 43.3 Å². The molecule has 0 radical (unpaired) electrons. The van der Waals surface area contributed by atoms with Crippen LogP contribution in [-0.4, -0.2) is 64.4 Å². The third kappa shape index (κ3) is 3.66. The molecule has 2 heterocycles. The number of rotatable bonds is 4. The first kappa shape index (κ1) is 18.3. The topological polar surface area (TPSA) is 69.3 Å². The van der Waals surface area contributed by atoms with Crippen LogP contribution in [-0.2, 0) is 0 Å². The number of aryl methyl sites for hydroxylation is 1. The van der Waals surface area contributed by atoms with Crippen molar-refractivity contribution in [3.05, 3.63) is 65.1 Å². The van der Waals surface area contributed by atoms with Crippen LogP contribution in [0.3, 0.4) is 0 Å². The maximum Gasteiger partial charge on any atom is 0.275 e. The summed E-state index contributed by atoms with van der Waals surface area (Å²) in [6.07, 6.45) is 0. The van der Waals surface area contributed by atoms with E-state index < -0.39 is 0 Å². The van der Waals surface area contributed by atoms with Crippen molar-refractivity contribution >= 4 is 22.6 Å². The Kier molecular flexibility index (Phi) is 4.92. The fourth-order valence-electron chi connectivity index (χ4n) is 3.48. The van der Waals surface area contributed by atoms with Gasteiger partial charge in [0.2, 0.25) is 0 Å². The Morgan fingerprint density at radius 2 is 1.79 bits per heavy atom. The van der Waals surface area contributed by atoms with Gasteiger partial charge in [-0.25, -0.2) is 4.39 Å². The van der Waals surface area contributed by atoms with Gasteiger partial charge in [-0.2, -0.15) is 5.10 Å². The molecule has 2 aromatic carbocycles. The first-order chi connectivity index (χ1) is 13.5. The minimum atomic E-state index is -0.357. The molecular weight excluding hydrogens is 359 g/mol. The maximum absolute atomic E-state index is 13.0. The number of halogens is 1. The van der Waals surface area contributed by atoms with Gasteiger partial charge < -0.3 is 4.90 Å². The summed E-state index contributed by atoms with van der Waals surface area (Å²) in [5.41, 5.74) is 2.86. The highest BCUT2D eigenvalue weighted by Gasteiger charge is 2.26. The van der Waals surface area contributed by atoms with Gasteiger partial charge in [-0.3, -0.25) is 19.6 Å². The van der Waals surface area contributed by atoms with E-state index in [9.17, 15) is 14.0 Å². The summed E-state index contributed by atoms with van der Waals surface area (Å²) in [5.74, 6) is -0.500. The van der Waals surface area contributed by atoms with E-state index in [2.05, 4.69) is 10.2 Å². The minimum Gasteiger partial charge on any atom is -0.335 e. The van der Waals surface area contributed by atoms with Gasteiger partial charge in [-0.15, -0.1) is 0 Å². The smallest absolute Gasteiger partial charge is 0.275 e. The number of piperazine rings is 1. The van der Waals surface area contributed by atoms with Crippen molar-refractivity contribution in [2.75, 3.05) is 32.7 Å². The van der Waals surface area contributed by atoms with E-state index in [0.717, 1.165) is 16.5 Å². The van der Waals surface area contributed by atoms with Crippen LogP contribution >= 0.6 is 0 Å². The Hall–Kier alpha value is -3.06. The molecule has 0 spiro atoms. The van der Waals surface area contributed by atoms with Crippen molar-refractivity contribution in [3.8, 4) is 0 Å². The zero-order valence-corrected chi connectivity index (χ0v) is 15.6. The normalized spacial score (nSPS) is 15.1. The van der Waals surface area contributed by atoms with Crippen LogP contribution in [0.15, 0.2) is 42.5 Å². The number of amides is 1. The molecule has 1 fully saturated rings. The average molecular weight is 380 g/mol. The van der Waals surface area contributed by atoms with E-state index in [-0.39, 0.29) is 24.1 Å². The molecule has 28 heavy (non-hydrogen) atoms. The molecule has 0 unspecified atom stereocenters. The molecule has 4 rings (SSSR count). The van der Waals surface area contributed by atoms with Crippen LogP contribution in [0.1, 0.15) is 26.4 Å². The molecule has 1 aromatic heterocycles. The molecule has 6 nitrogen and oxygen atoms in total. The standard InChI is InChI=1S/C21H21FN4O2/c1-14-2-7-18-17(12-14)20(24-23-18)21(28)26-10-8-25(9-11-26)13-19(27)15-3-5-16(22)6-4-15/h2-7,12H,8-11,13H2,1H3,(H,23,24). The summed E-state index contributed by atoms with van der Waals surface area (Å²) in [5, 5.41) is 7.96. The highest BCUT2D eigenvalue weighted by molar-refractivity contribution is 6.04. The van der Waals surface area contributed by atoms with Gasteiger partial charge in [0, 0.05) is 37.1 Å². The van der Waals surface area contributed by atoms with Gasteiger partial charge >= 0.3 is 0 Å². The number of aromatic nitrogens is 2. The Bertz CT molecular complexity index is 1020. The van der Waals surface area contributed by atoms with Crippen LogP contribution in [0.5, 0.6) is 0 Å². The largest absolute Gasteiger partial charge is 0.335 e. The number of fused-ring (bicyclic) bond motifs is 1. The predicted molar refractivity (Wildman–Crippen MR) is 104 cm³/mol. The molecule has 0 atom stereocenters. The number of benzene rings is 2. The number of nitrogens with zero attached hydrogens (tertiary/aromatic N) is 3. The summed E-state index contributed by atoms with van der Waals surface area (Å²) >= 11 is 0. The summed E-state index contributed by atoms with van der Waals surface area (Å²) in [6.45, 7) is 4.54. The molecule has 0 saturated carbocycles. The summed E-state index contributed by atoms with van der Waals surface area (Å²) in [7, 11) is 0. The van der Waals surface area contributed by atoms with Gasteiger partial charge in [0.1, 0.15) is 5.82 Å². The van der Waals surface area contributed by atoms with Crippen molar-refractivity contribution in [2.45, 2.75) is 6.92 Å². The van der Waals surface area contributed by atoms with Crippen LogP contribution in [0.4, 0.5) is 4.39 Å². The van der Waals surface area contributed by atoms with Crippen molar-refractivity contribution in [1.29, 1.82) is 0 Å². The number of carbonyl (C=O) groups is 2. The second-order valence-electron chi connectivity index (χ2n) is 7.12. The van der Waals surface area contributed by atoms with Crippen molar-refractivity contribution < 1.29 is 14.0 Å². The third-order valence-electron chi connectivity index (χ3n) is 5.11. The summed E-state index contributed by atoms with van der Waals surface area (Å²) < 4.78 is 13.0. The molecule has 3 aromatic rings. The maximum atomic E-state index is 13.0. The molecule has 1 aliphatic rings. The van der Waals surface area contributed by atoms with Gasteiger partial charge in [0.05, 0.1) is 12.1 Å². The molecule has 0 aliphatic carbocycles.